The molecular formula is C22H27ClN8. The van der Waals surface area contributed by atoms with Gasteiger partial charge in [0.05, 0.1) is 28.3 Å². The summed E-state index contributed by atoms with van der Waals surface area (Å²) in [6, 6.07) is 1.85. The summed E-state index contributed by atoms with van der Waals surface area (Å²) in [6.07, 6.45) is 10.3. The summed E-state index contributed by atoms with van der Waals surface area (Å²) in [4.78, 5) is 4.84. The Kier molecular flexibility index (Phi) is 5.60. The number of hydrogen-bond acceptors (Lipinski definition) is 6. The molecule has 162 valence electrons. The van der Waals surface area contributed by atoms with E-state index < -0.39 is 0 Å². The van der Waals surface area contributed by atoms with Crippen molar-refractivity contribution in [3.05, 3.63) is 47.3 Å². The molecule has 4 heterocycles. The van der Waals surface area contributed by atoms with E-state index in [2.05, 4.69) is 68.5 Å². The second-order valence-electron chi connectivity index (χ2n) is 8.44. The van der Waals surface area contributed by atoms with E-state index in [9.17, 15) is 0 Å². The highest BCUT2D eigenvalue weighted by molar-refractivity contribution is 6.37. The Morgan fingerprint density at radius 3 is 2.65 bits per heavy atom. The molecule has 0 radical (unpaired) electrons. The van der Waals surface area contributed by atoms with Gasteiger partial charge in [0, 0.05) is 44.8 Å². The number of rotatable bonds is 5. The first-order chi connectivity index (χ1) is 15.1. The number of piperazine rings is 1. The zero-order chi connectivity index (χ0) is 21.4. The third-order valence-corrected chi connectivity index (χ3v) is 6.70. The second-order valence-corrected chi connectivity index (χ2v) is 8.82. The predicted molar refractivity (Wildman–Crippen MR) is 122 cm³/mol. The molecule has 5 rings (SSSR count). The Bertz CT molecular complexity index is 1110. The van der Waals surface area contributed by atoms with Crippen LogP contribution in [0.3, 0.4) is 0 Å². The van der Waals surface area contributed by atoms with Crippen LogP contribution in [0.4, 0.5) is 0 Å². The number of aromatic nitrogens is 6. The summed E-state index contributed by atoms with van der Waals surface area (Å²) in [5.74, 6) is 0.475. The average molecular weight is 439 g/mol. The van der Waals surface area contributed by atoms with Gasteiger partial charge in [0.1, 0.15) is 5.69 Å². The molecule has 3 aromatic rings. The zero-order valence-electron chi connectivity index (χ0n) is 17.9. The minimum atomic E-state index is 0.147. The zero-order valence-corrected chi connectivity index (χ0v) is 18.6. The number of nitrogens with zero attached hydrogens (tertiary/aromatic N) is 7. The fraction of sp³-hybridized carbons (Fsp3) is 0.455. The van der Waals surface area contributed by atoms with Crippen molar-refractivity contribution in [2.45, 2.75) is 19.4 Å². The smallest absolute Gasteiger partial charge is 0.182 e. The minimum Gasteiger partial charge on any atom is -0.304 e. The minimum absolute atomic E-state index is 0.147. The Morgan fingerprint density at radius 2 is 1.90 bits per heavy atom. The third kappa shape index (κ3) is 3.91. The maximum atomic E-state index is 6.92. The first kappa shape index (κ1) is 20.4. The molecule has 2 unspecified atom stereocenters. The summed E-state index contributed by atoms with van der Waals surface area (Å²) in [7, 11) is 2.17. The highest BCUT2D eigenvalue weighted by atomic mass is 35.5. The van der Waals surface area contributed by atoms with Gasteiger partial charge in [-0.15, -0.1) is 10.2 Å². The number of hydrogen-bond donors (Lipinski definition) is 1. The fourth-order valence-corrected chi connectivity index (χ4v) is 4.68. The second kappa shape index (κ2) is 8.53. The lowest BCUT2D eigenvalue weighted by atomic mass is 9.86. The van der Waals surface area contributed by atoms with E-state index in [-0.39, 0.29) is 5.92 Å². The normalized spacial score (nSPS) is 22.5. The lowest BCUT2D eigenvalue weighted by Gasteiger charge is -2.32. The molecule has 0 bridgehead atoms. The maximum absolute atomic E-state index is 6.92. The number of halogens is 1. The van der Waals surface area contributed by atoms with Gasteiger partial charge in [-0.2, -0.15) is 10.2 Å². The Morgan fingerprint density at radius 1 is 1.10 bits per heavy atom. The molecule has 1 saturated heterocycles. The van der Waals surface area contributed by atoms with Crippen LogP contribution < -0.4 is 0 Å². The average Bonchev–Trinajstić information content (AvgIpc) is 3.43. The van der Waals surface area contributed by atoms with Crippen LogP contribution in [-0.2, 0) is 6.54 Å². The first-order valence-electron chi connectivity index (χ1n) is 10.8. The molecule has 2 atom stereocenters. The van der Waals surface area contributed by atoms with E-state index in [0.29, 0.717) is 16.6 Å². The number of nitrogens with one attached hydrogen (secondary N) is 1. The summed E-state index contributed by atoms with van der Waals surface area (Å²) in [5.41, 5.74) is 3.06. The van der Waals surface area contributed by atoms with Crippen molar-refractivity contribution in [3.63, 3.8) is 0 Å². The molecule has 0 saturated carbocycles. The van der Waals surface area contributed by atoms with Crippen molar-refractivity contribution in [1.29, 1.82) is 0 Å². The van der Waals surface area contributed by atoms with Crippen LogP contribution in [0.5, 0.6) is 0 Å². The predicted octanol–water partition coefficient (Wildman–Crippen LogP) is 2.96. The van der Waals surface area contributed by atoms with Crippen molar-refractivity contribution in [3.8, 4) is 11.4 Å². The van der Waals surface area contributed by atoms with Gasteiger partial charge in [-0.25, -0.2) is 4.68 Å². The van der Waals surface area contributed by atoms with Crippen LogP contribution in [0.1, 0.15) is 18.5 Å². The summed E-state index contributed by atoms with van der Waals surface area (Å²) < 4.78 is 1.98. The fourth-order valence-electron chi connectivity index (χ4n) is 4.36. The molecule has 1 aliphatic carbocycles. The van der Waals surface area contributed by atoms with E-state index in [1.807, 2.05) is 10.7 Å². The van der Waals surface area contributed by atoms with E-state index >= 15 is 0 Å². The van der Waals surface area contributed by atoms with Crippen molar-refractivity contribution < 1.29 is 0 Å². The van der Waals surface area contributed by atoms with Gasteiger partial charge < -0.3 is 4.90 Å². The highest BCUT2D eigenvalue weighted by Gasteiger charge is 2.27. The highest BCUT2D eigenvalue weighted by Crippen LogP contribution is 2.39. The van der Waals surface area contributed by atoms with Crippen LogP contribution in [-0.4, -0.2) is 79.7 Å². The number of aromatic amines is 1. The third-order valence-electron chi connectivity index (χ3n) is 6.33. The molecule has 8 nitrogen and oxygen atoms in total. The molecular weight excluding hydrogens is 412 g/mol. The lowest BCUT2D eigenvalue weighted by Crippen LogP contribution is -2.45. The van der Waals surface area contributed by atoms with Crippen molar-refractivity contribution in [1.82, 2.24) is 40.0 Å². The monoisotopic (exact) mass is 438 g/mol. The molecule has 1 aliphatic heterocycles. The summed E-state index contributed by atoms with van der Waals surface area (Å²) >= 11 is 6.92. The van der Waals surface area contributed by atoms with E-state index in [4.69, 9.17) is 16.7 Å². The Balaban J connectivity index is 1.54. The van der Waals surface area contributed by atoms with Crippen LogP contribution in [0, 0.1) is 5.92 Å². The molecule has 2 aliphatic rings. The number of allylic oxidation sites excluding steroid dienone is 4. The van der Waals surface area contributed by atoms with Gasteiger partial charge in [0.15, 0.2) is 5.65 Å². The molecule has 9 heteroatoms. The first-order valence-corrected chi connectivity index (χ1v) is 11.2. The van der Waals surface area contributed by atoms with Crippen LogP contribution >= 0.6 is 11.6 Å². The van der Waals surface area contributed by atoms with Gasteiger partial charge in [-0.1, -0.05) is 42.8 Å². The lowest BCUT2D eigenvalue weighted by molar-refractivity contribution is 0.149. The molecule has 0 amide bonds. The van der Waals surface area contributed by atoms with E-state index in [1.165, 1.54) is 0 Å². The van der Waals surface area contributed by atoms with Gasteiger partial charge in [-0.05, 0) is 19.0 Å². The van der Waals surface area contributed by atoms with Crippen molar-refractivity contribution in [2.75, 3.05) is 39.8 Å². The van der Waals surface area contributed by atoms with Crippen LogP contribution in [0.25, 0.3) is 22.4 Å². The molecule has 0 spiro atoms. The topological polar surface area (TPSA) is 78.8 Å². The SMILES string of the molecule is CC1C=CC=CC1c1nn(CCN2CCN(C)CC2)c2nnc(-c3ccn[nH]3)c(Cl)c12. The van der Waals surface area contributed by atoms with Gasteiger partial charge in [-0.3, -0.25) is 10.00 Å². The standard InChI is InChI=1S/C22H27ClN8/c1-15-5-3-4-6-16(15)20-18-19(23)21(17-7-8-24-25-17)26-27-22(18)31(28-20)14-13-30-11-9-29(2)10-12-30/h3-8,15-16H,9-14H2,1-2H3,(H,24,25). The van der Waals surface area contributed by atoms with E-state index in [1.54, 1.807) is 6.20 Å². The van der Waals surface area contributed by atoms with Gasteiger partial charge in [0.2, 0.25) is 0 Å². The maximum Gasteiger partial charge on any atom is 0.182 e. The number of likely N-dealkylation sites (N-methyl/N-ethyl adjacent to an activating group) is 1. The van der Waals surface area contributed by atoms with Crippen molar-refractivity contribution >= 4 is 22.6 Å². The number of H-pyrrole nitrogens is 1. The van der Waals surface area contributed by atoms with Gasteiger partial charge in [0.25, 0.3) is 0 Å². The Labute approximate surface area is 186 Å². The van der Waals surface area contributed by atoms with Crippen LogP contribution in [0.15, 0.2) is 36.6 Å². The molecule has 0 aromatic carbocycles. The quantitative estimate of drug-likeness (QED) is 0.659. The summed E-state index contributed by atoms with van der Waals surface area (Å²) in [5, 5.41) is 22.5. The Hall–Kier alpha value is -2.55. The number of fused-ring (bicyclic) bond motifs is 1. The molecule has 31 heavy (non-hydrogen) atoms. The van der Waals surface area contributed by atoms with Crippen LogP contribution in [0.2, 0.25) is 5.02 Å². The van der Waals surface area contributed by atoms with E-state index in [0.717, 1.165) is 61.7 Å². The largest absolute Gasteiger partial charge is 0.304 e. The molecule has 1 fully saturated rings. The van der Waals surface area contributed by atoms with Gasteiger partial charge >= 0.3 is 0 Å². The molecule has 1 N–H and O–H groups in total. The summed E-state index contributed by atoms with van der Waals surface area (Å²) in [6.45, 7) is 8.25. The van der Waals surface area contributed by atoms with Crippen molar-refractivity contribution in [2.24, 2.45) is 5.92 Å². The molecule has 3 aromatic heterocycles.